The standard InChI is InChI=1S/C15H22N4O2/c1-2-3-4-11-5-7-12(8-6-11)14-13(15(20)21)17-18-19(14)10-9-16/h11-12H,2-8,10H2,1H3,(H,20,21). The molecule has 0 radical (unpaired) electrons. The molecule has 0 aliphatic heterocycles. The maximum absolute atomic E-state index is 11.3. The Morgan fingerprint density at radius 2 is 2.14 bits per heavy atom. The van der Waals surface area contributed by atoms with Crippen molar-refractivity contribution >= 4 is 5.97 Å². The van der Waals surface area contributed by atoms with Gasteiger partial charge in [-0.25, -0.2) is 9.48 Å². The van der Waals surface area contributed by atoms with Gasteiger partial charge in [-0.15, -0.1) is 5.10 Å². The zero-order valence-electron chi connectivity index (χ0n) is 12.5. The van der Waals surface area contributed by atoms with Crippen LogP contribution in [-0.2, 0) is 6.54 Å². The first kappa shape index (κ1) is 15.5. The molecule has 0 unspecified atom stereocenters. The molecular formula is C15H22N4O2. The number of hydrogen-bond acceptors (Lipinski definition) is 4. The lowest BCUT2D eigenvalue weighted by Crippen LogP contribution is -2.19. The van der Waals surface area contributed by atoms with Crippen LogP contribution >= 0.6 is 0 Å². The average Bonchev–Trinajstić information content (AvgIpc) is 2.90. The fourth-order valence-corrected chi connectivity index (χ4v) is 3.28. The first-order valence-corrected chi connectivity index (χ1v) is 7.71. The van der Waals surface area contributed by atoms with Crippen molar-refractivity contribution in [1.82, 2.24) is 15.0 Å². The van der Waals surface area contributed by atoms with Crippen LogP contribution in [0.15, 0.2) is 0 Å². The third kappa shape index (κ3) is 3.60. The van der Waals surface area contributed by atoms with E-state index in [0.717, 1.165) is 31.6 Å². The molecule has 1 aromatic rings. The van der Waals surface area contributed by atoms with Crippen LogP contribution in [-0.4, -0.2) is 26.1 Å². The number of aromatic nitrogens is 3. The summed E-state index contributed by atoms with van der Waals surface area (Å²) in [6.45, 7) is 2.27. The fourth-order valence-electron chi connectivity index (χ4n) is 3.28. The molecule has 6 heteroatoms. The Kier molecular flexibility index (Phi) is 5.32. The van der Waals surface area contributed by atoms with E-state index in [2.05, 4.69) is 17.2 Å². The highest BCUT2D eigenvalue weighted by atomic mass is 16.4. The number of rotatable bonds is 6. The molecule has 6 nitrogen and oxygen atoms in total. The van der Waals surface area contributed by atoms with Gasteiger partial charge in [0.25, 0.3) is 0 Å². The number of aromatic carboxylic acids is 1. The molecule has 2 rings (SSSR count). The van der Waals surface area contributed by atoms with Gasteiger partial charge in [-0.2, -0.15) is 5.26 Å². The first-order valence-electron chi connectivity index (χ1n) is 7.71. The molecule has 1 aliphatic rings. The molecule has 1 aliphatic carbocycles. The third-order valence-electron chi connectivity index (χ3n) is 4.40. The van der Waals surface area contributed by atoms with Crippen LogP contribution in [0.2, 0.25) is 0 Å². The lowest BCUT2D eigenvalue weighted by molar-refractivity contribution is 0.0688. The summed E-state index contributed by atoms with van der Waals surface area (Å²) in [7, 11) is 0. The molecule has 0 aromatic carbocycles. The Bertz CT molecular complexity index is 524. The molecule has 1 heterocycles. The van der Waals surface area contributed by atoms with E-state index in [1.165, 1.54) is 23.9 Å². The maximum Gasteiger partial charge on any atom is 0.358 e. The third-order valence-corrected chi connectivity index (χ3v) is 4.40. The molecule has 1 aromatic heterocycles. The van der Waals surface area contributed by atoms with Crippen molar-refractivity contribution in [3.8, 4) is 6.07 Å². The molecule has 21 heavy (non-hydrogen) atoms. The molecule has 1 saturated carbocycles. The van der Waals surface area contributed by atoms with E-state index < -0.39 is 5.97 Å². The molecular weight excluding hydrogens is 268 g/mol. The summed E-state index contributed by atoms with van der Waals surface area (Å²) in [6.07, 6.45) is 7.94. The highest BCUT2D eigenvalue weighted by molar-refractivity contribution is 5.86. The van der Waals surface area contributed by atoms with E-state index in [4.69, 9.17) is 5.26 Å². The first-order chi connectivity index (χ1) is 10.2. The second kappa shape index (κ2) is 7.21. The minimum atomic E-state index is -1.05. The summed E-state index contributed by atoms with van der Waals surface area (Å²) in [5.74, 6) is -0.130. The predicted molar refractivity (Wildman–Crippen MR) is 76.8 cm³/mol. The summed E-state index contributed by atoms with van der Waals surface area (Å²) in [5.41, 5.74) is 0.653. The van der Waals surface area contributed by atoms with Gasteiger partial charge in [-0.1, -0.05) is 31.4 Å². The number of nitrogens with zero attached hydrogens (tertiary/aromatic N) is 4. The van der Waals surface area contributed by atoms with Crippen molar-refractivity contribution in [3.05, 3.63) is 11.4 Å². The van der Waals surface area contributed by atoms with Crippen molar-refractivity contribution in [2.75, 3.05) is 0 Å². The summed E-state index contributed by atoms with van der Waals surface area (Å²) < 4.78 is 1.46. The van der Waals surface area contributed by atoms with E-state index in [9.17, 15) is 9.90 Å². The van der Waals surface area contributed by atoms with Crippen LogP contribution in [0.1, 0.15) is 74.0 Å². The lowest BCUT2D eigenvalue weighted by Gasteiger charge is -2.28. The second-order valence-corrected chi connectivity index (χ2v) is 5.80. The van der Waals surface area contributed by atoms with Crippen molar-refractivity contribution in [2.24, 2.45) is 5.92 Å². The number of unbranched alkanes of at least 4 members (excludes halogenated alkanes) is 1. The minimum absolute atomic E-state index is 0.0160. The molecule has 0 saturated heterocycles. The Morgan fingerprint density at radius 3 is 2.71 bits per heavy atom. The van der Waals surface area contributed by atoms with Crippen LogP contribution < -0.4 is 0 Å². The summed E-state index contributed by atoms with van der Waals surface area (Å²) >= 11 is 0. The monoisotopic (exact) mass is 290 g/mol. The maximum atomic E-state index is 11.3. The normalized spacial score (nSPS) is 21.9. The van der Waals surface area contributed by atoms with Crippen molar-refractivity contribution in [3.63, 3.8) is 0 Å². The van der Waals surface area contributed by atoms with Crippen molar-refractivity contribution in [1.29, 1.82) is 5.26 Å². The van der Waals surface area contributed by atoms with Gasteiger partial charge in [-0.05, 0) is 31.6 Å². The quantitative estimate of drug-likeness (QED) is 0.869. The van der Waals surface area contributed by atoms with Gasteiger partial charge in [0.1, 0.15) is 6.54 Å². The predicted octanol–water partition coefficient (Wildman–Crippen LogP) is 2.96. The summed E-state index contributed by atoms with van der Waals surface area (Å²) in [4.78, 5) is 11.3. The zero-order valence-corrected chi connectivity index (χ0v) is 12.5. The van der Waals surface area contributed by atoms with Crippen LogP contribution in [0.5, 0.6) is 0 Å². The second-order valence-electron chi connectivity index (χ2n) is 5.80. The van der Waals surface area contributed by atoms with E-state index in [1.54, 1.807) is 0 Å². The number of carboxylic acid groups (broad SMARTS) is 1. The SMILES string of the molecule is CCCCC1CCC(c2c(C(=O)O)nnn2CC#N)CC1. The van der Waals surface area contributed by atoms with Gasteiger partial charge in [0.05, 0.1) is 11.8 Å². The van der Waals surface area contributed by atoms with Crippen molar-refractivity contribution in [2.45, 2.75) is 64.3 Å². The lowest BCUT2D eigenvalue weighted by atomic mass is 9.78. The fraction of sp³-hybridized carbons (Fsp3) is 0.733. The van der Waals surface area contributed by atoms with E-state index in [0.29, 0.717) is 5.69 Å². The number of hydrogen-bond donors (Lipinski definition) is 1. The van der Waals surface area contributed by atoms with Gasteiger partial charge in [0.15, 0.2) is 5.69 Å². The number of nitriles is 1. The molecule has 1 fully saturated rings. The Labute approximate surface area is 124 Å². The number of carboxylic acids is 1. The van der Waals surface area contributed by atoms with E-state index in [1.807, 2.05) is 6.07 Å². The average molecular weight is 290 g/mol. The van der Waals surface area contributed by atoms with Gasteiger partial charge < -0.3 is 5.11 Å². The topological polar surface area (TPSA) is 91.8 Å². The Hall–Kier alpha value is -1.90. The Balaban J connectivity index is 2.10. The molecule has 0 bridgehead atoms. The number of carbonyl (C=O) groups is 1. The van der Waals surface area contributed by atoms with Crippen LogP contribution in [0, 0.1) is 17.2 Å². The smallest absolute Gasteiger partial charge is 0.358 e. The van der Waals surface area contributed by atoms with Crippen LogP contribution in [0.25, 0.3) is 0 Å². The highest BCUT2D eigenvalue weighted by Crippen LogP contribution is 2.38. The minimum Gasteiger partial charge on any atom is -0.476 e. The molecule has 0 spiro atoms. The largest absolute Gasteiger partial charge is 0.476 e. The van der Waals surface area contributed by atoms with E-state index >= 15 is 0 Å². The van der Waals surface area contributed by atoms with Crippen LogP contribution in [0.3, 0.4) is 0 Å². The highest BCUT2D eigenvalue weighted by Gasteiger charge is 2.30. The zero-order chi connectivity index (χ0) is 15.2. The summed E-state index contributed by atoms with van der Waals surface area (Å²) in [5, 5.41) is 25.7. The molecule has 0 amide bonds. The molecule has 1 N–H and O–H groups in total. The summed E-state index contributed by atoms with van der Waals surface area (Å²) in [6, 6.07) is 2.02. The molecule has 114 valence electrons. The van der Waals surface area contributed by atoms with Gasteiger partial charge in [-0.3, -0.25) is 0 Å². The van der Waals surface area contributed by atoms with Gasteiger partial charge in [0, 0.05) is 5.92 Å². The van der Waals surface area contributed by atoms with Gasteiger partial charge >= 0.3 is 5.97 Å². The van der Waals surface area contributed by atoms with Crippen molar-refractivity contribution < 1.29 is 9.90 Å². The molecule has 0 atom stereocenters. The Morgan fingerprint density at radius 1 is 1.43 bits per heavy atom. The van der Waals surface area contributed by atoms with Crippen LogP contribution in [0.4, 0.5) is 0 Å². The van der Waals surface area contributed by atoms with Gasteiger partial charge in [0.2, 0.25) is 0 Å². The van der Waals surface area contributed by atoms with E-state index in [-0.39, 0.29) is 18.2 Å².